The molecular formula is C27H30N6O5S. The molecule has 5 rings (SSSR count). The van der Waals surface area contributed by atoms with Crippen LogP contribution in [0.25, 0.3) is 11.3 Å². The van der Waals surface area contributed by atoms with Crippen LogP contribution in [0.4, 0.5) is 23.0 Å². The highest BCUT2D eigenvalue weighted by Gasteiger charge is 2.58. The molecule has 1 amide bonds. The number of rotatable bonds is 9. The highest BCUT2D eigenvalue weighted by atomic mass is 32.2. The lowest BCUT2D eigenvalue weighted by atomic mass is 10.1. The van der Waals surface area contributed by atoms with Gasteiger partial charge in [0.2, 0.25) is 5.91 Å². The third kappa shape index (κ3) is 5.76. The Morgan fingerprint density at radius 2 is 1.95 bits per heavy atom. The predicted molar refractivity (Wildman–Crippen MR) is 148 cm³/mol. The fraction of sp³-hybridized carbons (Fsp3) is 0.370. The highest BCUT2D eigenvalue weighted by Crippen LogP contribution is 2.51. The number of nitrogens with zero attached hydrogens (tertiary/aromatic N) is 4. The highest BCUT2D eigenvalue weighted by molar-refractivity contribution is 7.92. The molecule has 2 aliphatic rings. The van der Waals surface area contributed by atoms with E-state index in [1.54, 1.807) is 18.2 Å². The fourth-order valence-corrected chi connectivity index (χ4v) is 5.26. The second-order valence-electron chi connectivity index (χ2n) is 9.64. The van der Waals surface area contributed by atoms with Crippen molar-refractivity contribution >= 4 is 44.4 Å². The van der Waals surface area contributed by atoms with E-state index in [1.807, 2.05) is 0 Å². The maximum atomic E-state index is 13.0. The van der Waals surface area contributed by atoms with Gasteiger partial charge in [-0.25, -0.2) is 14.2 Å². The molecule has 1 aliphatic carbocycles. The van der Waals surface area contributed by atoms with Crippen molar-refractivity contribution in [3.8, 4) is 17.0 Å². The number of amides is 1. The van der Waals surface area contributed by atoms with E-state index >= 15 is 0 Å². The number of aromatic nitrogens is 3. The minimum Gasteiger partial charge on any atom is -0.494 e. The maximum Gasteiger partial charge on any atom is 0.229 e. The Morgan fingerprint density at radius 1 is 1.15 bits per heavy atom. The molecule has 11 nitrogen and oxygen atoms in total. The normalized spacial score (nSPS) is 21.1. The molecule has 1 saturated carbocycles. The first-order valence-electron chi connectivity index (χ1n) is 13.7. The molecule has 1 aromatic carbocycles. The Morgan fingerprint density at radius 3 is 2.62 bits per heavy atom. The molecule has 1 aliphatic heterocycles. The van der Waals surface area contributed by atoms with E-state index in [1.165, 1.54) is 44.3 Å². The average molecular weight is 554 g/mol. The zero-order valence-corrected chi connectivity index (χ0v) is 22.4. The van der Waals surface area contributed by atoms with Gasteiger partial charge >= 0.3 is 0 Å². The number of ketones is 1. The van der Waals surface area contributed by atoms with Gasteiger partial charge < -0.3 is 20.1 Å². The summed E-state index contributed by atoms with van der Waals surface area (Å²) in [6.45, 7) is -1.37. The lowest BCUT2D eigenvalue weighted by molar-refractivity contribution is -0.118. The smallest absolute Gasteiger partial charge is 0.229 e. The number of nitrogens with one attached hydrogen (secondary N) is 2. The molecule has 3 aromatic rings. The fourth-order valence-electron chi connectivity index (χ4n) is 4.72. The van der Waals surface area contributed by atoms with Crippen LogP contribution in [0.5, 0.6) is 5.75 Å². The molecule has 0 spiro atoms. The molecule has 204 valence electrons. The molecule has 39 heavy (non-hydrogen) atoms. The second-order valence-corrected chi connectivity index (χ2v) is 12.2. The Balaban J connectivity index is 1.47. The molecule has 2 atom stereocenters. The van der Waals surface area contributed by atoms with Gasteiger partial charge in [-0.1, -0.05) is 12.9 Å². The van der Waals surface area contributed by atoms with Crippen LogP contribution in [0.3, 0.4) is 0 Å². The average Bonchev–Trinajstić information content (AvgIpc) is 3.39. The number of methoxy groups -OCH3 is 1. The number of carbonyl (C=O) groups excluding carboxylic acids is 2. The zero-order valence-electron chi connectivity index (χ0n) is 24.6. The van der Waals surface area contributed by atoms with Crippen LogP contribution >= 0.6 is 0 Å². The van der Waals surface area contributed by atoms with Gasteiger partial charge in [-0.2, -0.15) is 4.36 Å². The number of anilines is 3. The summed E-state index contributed by atoms with van der Waals surface area (Å²) < 4.78 is 49.8. The molecule has 3 heterocycles. The number of para-hydroxylation sites is 1. The summed E-state index contributed by atoms with van der Waals surface area (Å²) >= 11 is 0. The first-order valence-corrected chi connectivity index (χ1v) is 14.5. The number of fused-ring (bicyclic) bond motifs is 1. The summed E-state index contributed by atoms with van der Waals surface area (Å²) in [5.41, 5.74) is 1.74. The summed E-state index contributed by atoms with van der Waals surface area (Å²) in [7, 11) is -0.938. The molecule has 2 unspecified atom stereocenters. The van der Waals surface area contributed by atoms with E-state index < -0.39 is 28.8 Å². The maximum absolute atomic E-state index is 13.0. The van der Waals surface area contributed by atoms with Crippen molar-refractivity contribution in [1.82, 2.24) is 15.0 Å². The van der Waals surface area contributed by atoms with Gasteiger partial charge in [-0.05, 0) is 24.0 Å². The van der Waals surface area contributed by atoms with Crippen LogP contribution in [-0.2, 0) is 19.3 Å². The quantitative estimate of drug-likeness (QED) is 0.375. The van der Waals surface area contributed by atoms with Crippen molar-refractivity contribution in [3.63, 3.8) is 0 Å². The van der Waals surface area contributed by atoms with Crippen molar-refractivity contribution in [2.75, 3.05) is 43.5 Å². The van der Waals surface area contributed by atoms with Gasteiger partial charge in [0.1, 0.15) is 5.82 Å². The van der Waals surface area contributed by atoms with Crippen LogP contribution in [0, 0.1) is 17.8 Å². The van der Waals surface area contributed by atoms with E-state index in [9.17, 15) is 13.8 Å². The summed E-state index contributed by atoms with van der Waals surface area (Å²) in [6.07, 6.45) is 6.46. The van der Waals surface area contributed by atoms with Crippen LogP contribution in [-0.4, -0.2) is 63.7 Å². The molecule has 1 saturated heterocycles. The molecule has 0 radical (unpaired) electrons. The van der Waals surface area contributed by atoms with Crippen LogP contribution in [0.15, 0.2) is 47.2 Å². The molecule has 2 aromatic heterocycles. The number of pyridine rings is 1. The van der Waals surface area contributed by atoms with Gasteiger partial charge in [-0.15, -0.1) is 0 Å². The van der Waals surface area contributed by atoms with Crippen molar-refractivity contribution in [2.45, 2.75) is 13.3 Å². The van der Waals surface area contributed by atoms with E-state index in [4.69, 9.17) is 13.6 Å². The Hall–Kier alpha value is -3.90. The molecule has 2 fully saturated rings. The van der Waals surface area contributed by atoms with Gasteiger partial charge in [0.25, 0.3) is 0 Å². The van der Waals surface area contributed by atoms with Gasteiger partial charge in [0.05, 0.1) is 55.3 Å². The Bertz CT molecular complexity index is 1640. The molecular weight excluding hydrogens is 520 g/mol. The van der Waals surface area contributed by atoms with Gasteiger partial charge in [0, 0.05) is 56.5 Å². The van der Waals surface area contributed by atoms with Crippen LogP contribution in [0.2, 0.25) is 0 Å². The summed E-state index contributed by atoms with van der Waals surface area (Å²) in [5, 5.41) is 5.98. The molecule has 2 N–H and O–H groups in total. The number of Topliss-reactive ketones (excluding diaryl/α,β-unsaturated/α-hetero) is 1. The summed E-state index contributed by atoms with van der Waals surface area (Å²) in [5.74, 6) is 0.253. The minimum absolute atomic E-state index is 0.0433. The number of hydrogen-bond acceptors (Lipinski definition) is 10. The van der Waals surface area contributed by atoms with Crippen molar-refractivity contribution in [1.29, 1.82) is 0 Å². The first-order chi connectivity index (χ1) is 19.8. The van der Waals surface area contributed by atoms with E-state index in [0.717, 1.165) is 0 Å². The summed E-state index contributed by atoms with van der Waals surface area (Å²) in [6, 6.07) is 6.72. The van der Waals surface area contributed by atoms with Crippen LogP contribution in [0.1, 0.15) is 27.7 Å². The zero-order chi connectivity index (χ0) is 30.2. The Labute approximate surface area is 231 Å². The number of benzene rings is 1. The van der Waals surface area contributed by atoms with Crippen molar-refractivity contribution in [2.24, 2.45) is 22.1 Å². The largest absolute Gasteiger partial charge is 0.494 e. The first kappa shape index (κ1) is 23.0. The summed E-state index contributed by atoms with van der Waals surface area (Å²) in [4.78, 5) is 38.7. The predicted octanol–water partition coefficient (Wildman–Crippen LogP) is 4.07. The van der Waals surface area contributed by atoms with E-state index in [0.29, 0.717) is 35.9 Å². The van der Waals surface area contributed by atoms with E-state index in [2.05, 4.69) is 29.9 Å². The SMILES string of the molecule is [2H]C([2H])([2H])CC(=O)c1cnc(NC(=O)C2C3COCC32)cc1Nc1cccc(-c2cnc(N=S(C)(C)=O)cn2)c1OC. The number of ether oxygens (including phenoxy) is 2. The second kappa shape index (κ2) is 10.7. The monoisotopic (exact) mass is 553 g/mol. The lowest BCUT2D eigenvalue weighted by Gasteiger charge is -2.17. The standard InChI is InChI=1S/C27H30N6O5S/c1-5-22(34)16-10-29-23(32-27(35)25-17-13-38-14-18(17)25)9-20(16)31-19-8-6-7-15(26(19)37-2)21-11-30-24(12-28-21)33-39(3,4)36/h6-12,17-18,25H,5,13-14H2,1-4H3,(H2,29,31,32,35)/i1D3. The lowest BCUT2D eigenvalue weighted by Crippen LogP contribution is -2.19. The number of hydrogen-bond donors (Lipinski definition) is 2. The van der Waals surface area contributed by atoms with Crippen molar-refractivity contribution < 1.29 is 27.4 Å². The van der Waals surface area contributed by atoms with Gasteiger partial charge in [0.15, 0.2) is 17.4 Å². The topological polar surface area (TPSA) is 145 Å². The minimum atomic E-state index is -2.48. The number of carbonyl (C=O) groups is 2. The van der Waals surface area contributed by atoms with Crippen LogP contribution < -0.4 is 15.4 Å². The third-order valence-corrected chi connectivity index (χ3v) is 7.21. The molecule has 12 heteroatoms. The Kier molecular flexibility index (Phi) is 6.32. The third-order valence-electron chi connectivity index (χ3n) is 6.59. The van der Waals surface area contributed by atoms with Crippen molar-refractivity contribution in [3.05, 3.63) is 48.4 Å². The van der Waals surface area contributed by atoms with Gasteiger partial charge in [-0.3, -0.25) is 14.6 Å². The molecule has 0 bridgehead atoms. The van der Waals surface area contributed by atoms with E-state index in [-0.39, 0.29) is 46.5 Å².